The second-order valence-corrected chi connectivity index (χ2v) is 3.78. The lowest BCUT2D eigenvalue weighted by Crippen LogP contribution is -2.29. The molecule has 92 valence electrons. The zero-order valence-corrected chi connectivity index (χ0v) is 8.49. The van der Waals surface area contributed by atoms with Crippen LogP contribution in [0.5, 0.6) is 5.88 Å². The summed E-state index contributed by atoms with van der Waals surface area (Å²) in [5.41, 5.74) is -2.20. The van der Waals surface area contributed by atoms with Crippen LogP contribution in [-0.2, 0) is 11.0 Å². The molecule has 1 aliphatic carbocycles. The van der Waals surface area contributed by atoms with E-state index in [1.165, 1.54) is 0 Å². The van der Waals surface area contributed by atoms with Crippen LogP contribution in [-0.4, -0.2) is 21.7 Å². The molecule has 1 aliphatic rings. The van der Waals surface area contributed by atoms with Crippen molar-refractivity contribution in [3.8, 4) is 5.88 Å². The van der Waals surface area contributed by atoms with Gasteiger partial charge in [0.1, 0.15) is 0 Å². The first kappa shape index (κ1) is 11.7. The van der Waals surface area contributed by atoms with E-state index in [0.717, 1.165) is 12.1 Å². The van der Waals surface area contributed by atoms with Crippen LogP contribution in [0.3, 0.4) is 0 Å². The number of alkyl halides is 3. The standard InChI is InChI=1S/C10H8F3NO3/c11-10(12,13)6-1-2-7(14-5-6)17-9(3-4-9)8(15)16/h1-2,5H,3-4H2,(H,15,16). The number of carboxylic acid groups (broad SMARTS) is 1. The van der Waals surface area contributed by atoms with Crippen molar-refractivity contribution in [2.24, 2.45) is 0 Å². The number of carbonyl (C=O) groups is 1. The van der Waals surface area contributed by atoms with Crippen molar-refractivity contribution < 1.29 is 27.8 Å². The number of carboxylic acids is 1. The van der Waals surface area contributed by atoms with E-state index in [4.69, 9.17) is 9.84 Å². The van der Waals surface area contributed by atoms with Crippen molar-refractivity contribution in [2.75, 3.05) is 0 Å². The summed E-state index contributed by atoms with van der Waals surface area (Å²) in [5, 5.41) is 8.82. The maximum absolute atomic E-state index is 12.2. The monoisotopic (exact) mass is 247 g/mol. The number of pyridine rings is 1. The van der Waals surface area contributed by atoms with Crippen LogP contribution in [0, 0.1) is 0 Å². The molecule has 1 aromatic rings. The maximum Gasteiger partial charge on any atom is 0.417 e. The van der Waals surface area contributed by atoms with Crippen molar-refractivity contribution in [3.63, 3.8) is 0 Å². The number of halogens is 3. The lowest BCUT2D eigenvalue weighted by molar-refractivity contribution is -0.147. The predicted octanol–water partition coefficient (Wildman–Crippen LogP) is 2.10. The number of nitrogens with zero attached hydrogens (tertiary/aromatic N) is 1. The smallest absolute Gasteiger partial charge is 0.417 e. The highest BCUT2D eigenvalue weighted by atomic mass is 19.4. The molecule has 0 saturated heterocycles. The average Bonchev–Trinajstić information content (AvgIpc) is 2.98. The van der Waals surface area contributed by atoms with E-state index >= 15 is 0 Å². The Labute approximate surface area is 94.0 Å². The third-order valence-corrected chi connectivity index (χ3v) is 2.46. The molecule has 0 unspecified atom stereocenters. The van der Waals surface area contributed by atoms with Crippen molar-refractivity contribution in [1.29, 1.82) is 0 Å². The van der Waals surface area contributed by atoms with E-state index in [1.54, 1.807) is 0 Å². The Kier molecular flexibility index (Phi) is 2.48. The molecule has 1 heterocycles. The Bertz CT molecular complexity index is 437. The summed E-state index contributed by atoms with van der Waals surface area (Å²) in [7, 11) is 0. The number of hydrogen-bond acceptors (Lipinski definition) is 3. The summed E-state index contributed by atoms with van der Waals surface area (Å²) in [6.45, 7) is 0. The minimum absolute atomic E-state index is 0.113. The fourth-order valence-corrected chi connectivity index (χ4v) is 1.28. The molecule has 7 heteroatoms. The third kappa shape index (κ3) is 2.32. The molecule has 17 heavy (non-hydrogen) atoms. The Balaban J connectivity index is 2.12. The molecular weight excluding hydrogens is 239 g/mol. The molecule has 1 fully saturated rings. The van der Waals surface area contributed by atoms with Gasteiger partial charge in [-0.3, -0.25) is 0 Å². The highest BCUT2D eigenvalue weighted by Crippen LogP contribution is 2.40. The Morgan fingerprint density at radius 3 is 2.41 bits per heavy atom. The van der Waals surface area contributed by atoms with Gasteiger partial charge in [0.05, 0.1) is 5.56 Å². The van der Waals surface area contributed by atoms with Crippen LogP contribution in [0.15, 0.2) is 18.3 Å². The first-order valence-corrected chi connectivity index (χ1v) is 4.79. The van der Waals surface area contributed by atoms with Gasteiger partial charge in [-0.2, -0.15) is 13.2 Å². The average molecular weight is 247 g/mol. The molecule has 0 bridgehead atoms. The van der Waals surface area contributed by atoms with Gasteiger partial charge < -0.3 is 9.84 Å². The van der Waals surface area contributed by atoms with Crippen LogP contribution in [0.4, 0.5) is 13.2 Å². The van der Waals surface area contributed by atoms with Crippen molar-refractivity contribution in [3.05, 3.63) is 23.9 Å². The number of rotatable bonds is 3. The summed E-state index contributed by atoms with van der Waals surface area (Å²) < 4.78 is 41.7. The molecule has 1 N–H and O–H groups in total. The van der Waals surface area contributed by atoms with E-state index in [2.05, 4.69) is 4.98 Å². The van der Waals surface area contributed by atoms with Gasteiger partial charge in [-0.1, -0.05) is 0 Å². The molecular formula is C10H8F3NO3. The lowest BCUT2D eigenvalue weighted by Gasteiger charge is -2.13. The topological polar surface area (TPSA) is 59.4 Å². The summed E-state index contributed by atoms with van der Waals surface area (Å²) >= 11 is 0. The molecule has 2 rings (SSSR count). The van der Waals surface area contributed by atoms with Gasteiger partial charge in [-0.25, -0.2) is 9.78 Å². The van der Waals surface area contributed by atoms with Gasteiger partial charge in [0, 0.05) is 25.1 Å². The van der Waals surface area contributed by atoms with Gasteiger partial charge in [0.25, 0.3) is 0 Å². The second-order valence-electron chi connectivity index (χ2n) is 3.78. The van der Waals surface area contributed by atoms with Crippen LogP contribution in [0.25, 0.3) is 0 Å². The van der Waals surface area contributed by atoms with Crippen LogP contribution in [0.1, 0.15) is 18.4 Å². The third-order valence-electron chi connectivity index (χ3n) is 2.46. The molecule has 0 aromatic carbocycles. The summed E-state index contributed by atoms with van der Waals surface area (Å²) in [6.07, 6.45) is -3.17. The van der Waals surface area contributed by atoms with Crippen LogP contribution >= 0.6 is 0 Å². The molecule has 0 aliphatic heterocycles. The van der Waals surface area contributed by atoms with Gasteiger partial charge in [0.15, 0.2) is 0 Å². The molecule has 4 nitrogen and oxygen atoms in total. The van der Waals surface area contributed by atoms with Crippen molar-refractivity contribution >= 4 is 5.97 Å². The second kappa shape index (κ2) is 3.61. The number of hydrogen-bond donors (Lipinski definition) is 1. The molecule has 1 saturated carbocycles. The quantitative estimate of drug-likeness (QED) is 0.888. The molecule has 0 radical (unpaired) electrons. The zero-order valence-electron chi connectivity index (χ0n) is 8.49. The highest BCUT2D eigenvalue weighted by Gasteiger charge is 2.53. The summed E-state index contributed by atoms with van der Waals surface area (Å²) in [5.74, 6) is -1.24. The molecule has 0 amide bonds. The highest BCUT2D eigenvalue weighted by molar-refractivity contribution is 5.81. The largest absolute Gasteiger partial charge is 0.478 e. The summed E-state index contributed by atoms with van der Waals surface area (Å²) in [4.78, 5) is 14.2. The van der Waals surface area contributed by atoms with Gasteiger partial charge in [-0.05, 0) is 6.07 Å². The Morgan fingerprint density at radius 1 is 1.41 bits per heavy atom. The molecule has 0 spiro atoms. The number of aliphatic carboxylic acids is 1. The maximum atomic E-state index is 12.2. The van der Waals surface area contributed by atoms with Crippen molar-refractivity contribution in [1.82, 2.24) is 4.98 Å². The minimum atomic E-state index is -4.46. The van der Waals surface area contributed by atoms with Gasteiger partial charge >= 0.3 is 12.1 Å². The number of aromatic nitrogens is 1. The van der Waals surface area contributed by atoms with Crippen LogP contribution < -0.4 is 4.74 Å². The van der Waals surface area contributed by atoms with Gasteiger partial charge in [0.2, 0.25) is 11.5 Å². The fraction of sp³-hybridized carbons (Fsp3) is 0.400. The zero-order chi connectivity index (χ0) is 12.7. The molecule has 0 atom stereocenters. The molecule has 1 aromatic heterocycles. The lowest BCUT2D eigenvalue weighted by atomic mass is 10.3. The minimum Gasteiger partial charge on any atom is -0.478 e. The van der Waals surface area contributed by atoms with E-state index < -0.39 is 23.3 Å². The van der Waals surface area contributed by atoms with E-state index in [-0.39, 0.29) is 5.88 Å². The first-order chi connectivity index (χ1) is 7.83. The predicted molar refractivity (Wildman–Crippen MR) is 49.5 cm³/mol. The van der Waals surface area contributed by atoms with Crippen molar-refractivity contribution in [2.45, 2.75) is 24.6 Å². The summed E-state index contributed by atoms with van der Waals surface area (Å²) in [6, 6.07) is 1.83. The first-order valence-electron chi connectivity index (χ1n) is 4.79. The van der Waals surface area contributed by atoms with E-state index in [0.29, 0.717) is 19.0 Å². The van der Waals surface area contributed by atoms with Crippen LogP contribution in [0.2, 0.25) is 0 Å². The fourth-order valence-electron chi connectivity index (χ4n) is 1.28. The van der Waals surface area contributed by atoms with E-state index in [9.17, 15) is 18.0 Å². The Morgan fingerprint density at radius 2 is 2.06 bits per heavy atom. The SMILES string of the molecule is O=C(O)C1(Oc2ccc(C(F)(F)F)cn2)CC1. The van der Waals surface area contributed by atoms with E-state index in [1.807, 2.05) is 0 Å². The number of ether oxygens (including phenoxy) is 1. The Hall–Kier alpha value is -1.79. The normalized spacial score (nSPS) is 17.6. The van der Waals surface area contributed by atoms with Gasteiger partial charge in [-0.15, -0.1) is 0 Å².